The number of hydrogen-bond acceptors (Lipinski definition) is 5. The Morgan fingerprint density at radius 3 is 2.89 bits per heavy atom. The lowest BCUT2D eigenvalue weighted by molar-refractivity contribution is -0.384. The highest BCUT2D eigenvalue weighted by atomic mass is 16.6. The number of non-ortho nitro benzene ring substituents is 1. The van der Waals surface area contributed by atoms with Crippen LogP contribution in [0.3, 0.4) is 0 Å². The molecule has 0 radical (unpaired) electrons. The van der Waals surface area contributed by atoms with Crippen molar-refractivity contribution in [3.05, 3.63) is 64.0 Å². The van der Waals surface area contributed by atoms with E-state index >= 15 is 0 Å². The maximum atomic E-state index is 12.0. The molecule has 0 spiro atoms. The highest BCUT2D eigenvalue weighted by Crippen LogP contribution is 2.13. The molecule has 7 nitrogen and oxygen atoms in total. The summed E-state index contributed by atoms with van der Waals surface area (Å²) in [5, 5.41) is 18.2. The van der Waals surface area contributed by atoms with Gasteiger partial charge in [0.25, 0.3) is 5.69 Å². The minimum absolute atomic E-state index is 0.0405. The van der Waals surface area contributed by atoms with Gasteiger partial charge in [-0.05, 0) is 6.07 Å². The number of carbonyl (C=O) groups is 1. The second-order valence-electron chi connectivity index (χ2n) is 3.80. The minimum atomic E-state index is -0.552. The number of nitrogens with one attached hydrogen (secondary N) is 1. The monoisotopic (exact) mass is 258 g/mol. The fourth-order valence-corrected chi connectivity index (χ4v) is 1.57. The van der Waals surface area contributed by atoms with Crippen LogP contribution in [0.2, 0.25) is 0 Å². The zero-order valence-electron chi connectivity index (χ0n) is 9.81. The lowest BCUT2D eigenvalue weighted by Gasteiger charge is -2.04. The molecule has 0 saturated carbocycles. The third kappa shape index (κ3) is 2.89. The molecular weight excluding hydrogens is 248 g/mol. The van der Waals surface area contributed by atoms with E-state index in [1.807, 2.05) is 0 Å². The summed E-state index contributed by atoms with van der Waals surface area (Å²) in [5.74, 6) is -0.310. The summed E-state index contributed by atoms with van der Waals surface area (Å²) in [5.41, 5.74) is 0.0689. The van der Waals surface area contributed by atoms with Gasteiger partial charge in [-0.25, -0.2) is 4.98 Å². The number of nitro benzene ring substituents is 1. The van der Waals surface area contributed by atoms with Gasteiger partial charge >= 0.3 is 0 Å². The average molecular weight is 258 g/mol. The molecule has 1 aromatic heterocycles. The average Bonchev–Trinajstić information content (AvgIpc) is 2.41. The number of ketones is 1. The molecule has 0 aliphatic heterocycles. The first-order chi connectivity index (χ1) is 9.08. The van der Waals surface area contributed by atoms with E-state index in [-0.39, 0.29) is 29.2 Å². The van der Waals surface area contributed by atoms with E-state index in [1.165, 1.54) is 35.0 Å². The van der Waals surface area contributed by atoms with Gasteiger partial charge in [0.05, 0.1) is 11.5 Å². The van der Waals surface area contributed by atoms with E-state index in [1.54, 1.807) is 12.3 Å². The number of hydrogen-bond donors (Lipinski definition) is 1. The van der Waals surface area contributed by atoms with Crippen molar-refractivity contribution in [2.24, 2.45) is 0 Å². The molecule has 0 amide bonds. The predicted molar refractivity (Wildman–Crippen MR) is 65.5 cm³/mol. The highest BCUT2D eigenvalue weighted by Gasteiger charge is 2.12. The van der Waals surface area contributed by atoms with E-state index in [4.69, 9.17) is 5.41 Å². The molecule has 0 aliphatic rings. The number of carbonyl (C=O) groups excluding carboxylic acids is 1. The summed E-state index contributed by atoms with van der Waals surface area (Å²) in [6.45, 7) is -0.0756. The molecule has 2 rings (SSSR count). The number of nitrogens with zero attached hydrogens (tertiary/aromatic N) is 3. The van der Waals surface area contributed by atoms with E-state index in [0.29, 0.717) is 0 Å². The molecule has 0 unspecified atom stereocenters. The standard InChI is InChI=1S/C12H10N4O3/c13-12-14-5-2-6-15(12)8-11(17)9-3-1-4-10(7-9)16(18)19/h1-7,13H,8H2. The third-order valence-corrected chi connectivity index (χ3v) is 2.51. The van der Waals surface area contributed by atoms with Crippen LogP contribution in [0.1, 0.15) is 10.4 Å². The van der Waals surface area contributed by atoms with Crippen molar-refractivity contribution in [3.8, 4) is 0 Å². The summed E-state index contributed by atoms with van der Waals surface area (Å²) in [4.78, 5) is 25.8. The summed E-state index contributed by atoms with van der Waals surface area (Å²) in [6, 6.07) is 7.13. The molecule has 0 fully saturated rings. The highest BCUT2D eigenvalue weighted by molar-refractivity contribution is 5.96. The zero-order valence-corrected chi connectivity index (χ0v) is 9.81. The van der Waals surface area contributed by atoms with E-state index in [9.17, 15) is 14.9 Å². The summed E-state index contributed by atoms with van der Waals surface area (Å²) in [7, 11) is 0. The van der Waals surface area contributed by atoms with Crippen LogP contribution in [0.25, 0.3) is 0 Å². The van der Waals surface area contributed by atoms with Gasteiger partial charge in [0.15, 0.2) is 5.78 Å². The second kappa shape index (κ2) is 5.21. The fourth-order valence-electron chi connectivity index (χ4n) is 1.57. The van der Waals surface area contributed by atoms with Gasteiger partial charge in [0.2, 0.25) is 5.62 Å². The number of rotatable bonds is 4. The maximum absolute atomic E-state index is 12.0. The quantitative estimate of drug-likeness (QED) is 0.504. The third-order valence-electron chi connectivity index (χ3n) is 2.51. The van der Waals surface area contributed by atoms with E-state index < -0.39 is 4.92 Å². The Balaban J connectivity index is 2.26. The lowest BCUT2D eigenvalue weighted by Crippen LogP contribution is -2.25. The van der Waals surface area contributed by atoms with Gasteiger partial charge in [0.1, 0.15) is 0 Å². The second-order valence-corrected chi connectivity index (χ2v) is 3.80. The van der Waals surface area contributed by atoms with E-state index in [2.05, 4.69) is 4.98 Å². The topological polar surface area (TPSA) is 102 Å². The van der Waals surface area contributed by atoms with Gasteiger partial charge in [-0.2, -0.15) is 0 Å². The summed E-state index contributed by atoms with van der Waals surface area (Å²) >= 11 is 0. The van der Waals surface area contributed by atoms with Gasteiger partial charge in [-0.15, -0.1) is 0 Å². The summed E-state index contributed by atoms with van der Waals surface area (Å²) in [6.07, 6.45) is 3.02. The molecule has 7 heteroatoms. The van der Waals surface area contributed by atoms with Crippen molar-refractivity contribution in [1.29, 1.82) is 5.41 Å². The molecule has 0 aliphatic carbocycles. The van der Waals surface area contributed by atoms with Crippen molar-refractivity contribution < 1.29 is 9.72 Å². The smallest absolute Gasteiger partial charge is 0.270 e. The zero-order chi connectivity index (χ0) is 13.8. The SMILES string of the molecule is N=c1ncccn1CC(=O)c1cccc([N+](=O)[O-])c1. The largest absolute Gasteiger partial charge is 0.310 e. The molecule has 19 heavy (non-hydrogen) atoms. The first kappa shape index (κ1) is 12.6. The van der Waals surface area contributed by atoms with Crippen molar-refractivity contribution >= 4 is 11.5 Å². The Bertz CT molecular complexity index is 693. The van der Waals surface area contributed by atoms with Crippen LogP contribution < -0.4 is 5.62 Å². The molecule has 1 heterocycles. The Kier molecular flexibility index (Phi) is 3.46. The van der Waals surface area contributed by atoms with Crippen molar-refractivity contribution in [2.45, 2.75) is 6.54 Å². The van der Waals surface area contributed by atoms with Gasteiger partial charge in [0, 0.05) is 30.1 Å². The van der Waals surface area contributed by atoms with Crippen LogP contribution in [-0.2, 0) is 6.54 Å². The van der Waals surface area contributed by atoms with Crippen molar-refractivity contribution in [1.82, 2.24) is 9.55 Å². The number of nitro groups is 1. The van der Waals surface area contributed by atoms with Crippen molar-refractivity contribution in [2.75, 3.05) is 0 Å². The molecule has 96 valence electrons. The molecule has 0 saturated heterocycles. The first-order valence-corrected chi connectivity index (χ1v) is 5.41. The van der Waals surface area contributed by atoms with Gasteiger partial charge in [-0.3, -0.25) is 20.3 Å². The molecular formula is C12H10N4O3. The minimum Gasteiger partial charge on any atom is -0.310 e. The van der Waals surface area contributed by atoms with Gasteiger partial charge < -0.3 is 4.57 Å². The van der Waals surface area contributed by atoms with Gasteiger partial charge in [-0.1, -0.05) is 12.1 Å². The Labute approximate surface area is 107 Å². The Morgan fingerprint density at radius 2 is 2.21 bits per heavy atom. The molecule has 1 N–H and O–H groups in total. The van der Waals surface area contributed by atoms with Crippen LogP contribution in [0.15, 0.2) is 42.7 Å². The van der Waals surface area contributed by atoms with Crippen LogP contribution in [0.5, 0.6) is 0 Å². The molecule has 0 bridgehead atoms. The van der Waals surface area contributed by atoms with Crippen LogP contribution in [0.4, 0.5) is 5.69 Å². The fraction of sp³-hybridized carbons (Fsp3) is 0.0833. The molecule has 1 aromatic carbocycles. The molecule has 2 aromatic rings. The lowest BCUT2D eigenvalue weighted by atomic mass is 10.1. The first-order valence-electron chi connectivity index (χ1n) is 5.41. The normalized spacial score (nSPS) is 10.1. The van der Waals surface area contributed by atoms with Crippen LogP contribution in [-0.4, -0.2) is 20.3 Å². The molecule has 0 atom stereocenters. The Morgan fingerprint density at radius 1 is 1.42 bits per heavy atom. The van der Waals surface area contributed by atoms with Crippen LogP contribution in [0, 0.1) is 15.5 Å². The van der Waals surface area contributed by atoms with Crippen molar-refractivity contribution in [3.63, 3.8) is 0 Å². The van der Waals surface area contributed by atoms with Crippen LogP contribution >= 0.6 is 0 Å². The number of benzene rings is 1. The number of Topliss-reactive ketones (excluding diaryl/α,β-unsaturated/α-hetero) is 1. The van der Waals surface area contributed by atoms with E-state index in [0.717, 1.165) is 0 Å². The summed E-state index contributed by atoms with van der Waals surface area (Å²) < 4.78 is 1.36. The number of aromatic nitrogens is 2. The maximum Gasteiger partial charge on any atom is 0.270 e. The predicted octanol–water partition coefficient (Wildman–Crippen LogP) is 1.15. The Hall–Kier alpha value is -2.83.